The van der Waals surface area contributed by atoms with Crippen molar-refractivity contribution in [3.8, 4) is 0 Å². The summed E-state index contributed by atoms with van der Waals surface area (Å²) in [7, 11) is -2.04. The number of aryl methyl sites for hydroxylation is 1. The van der Waals surface area contributed by atoms with E-state index in [4.69, 9.17) is 16.0 Å². The molecule has 0 aliphatic heterocycles. The zero-order chi connectivity index (χ0) is 15.6. The van der Waals surface area contributed by atoms with Crippen LogP contribution in [0.15, 0.2) is 38.2 Å². The molecule has 1 aromatic heterocycles. The monoisotopic (exact) mass is 392 g/mol. The van der Waals surface area contributed by atoms with Gasteiger partial charge in [-0.3, -0.25) is 4.72 Å². The normalized spacial score (nSPS) is 11.6. The highest BCUT2D eigenvalue weighted by Crippen LogP contribution is 2.30. The van der Waals surface area contributed by atoms with Crippen LogP contribution in [0.5, 0.6) is 0 Å². The molecule has 5 nitrogen and oxygen atoms in total. The zero-order valence-electron chi connectivity index (χ0n) is 11.4. The highest BCUT2D eigenvalue weighted by Gasteiger charge is 2.23. The fourth-order valence-corrected chi connectivity index (χ4v) is 4.05. The van der Waals surface area contributed by atoms with Gasteiger partial charge < -0.3 is 9.73 Å². The Morgan fingerprint density at radius 3 is 2.71 bits per heavy atom. The minimum absolute atomic E-state index is 0.0327. The van der Waals surface area contributed by atoms with Gasteiger partial charge in [0.1, 0.15) is 10.7 Å². The van der Waals surface area contributed by atoms with E-state index in [-0.39, 0.29) is 9.56 Å². The molecule has 114 valence electrons. The number of rotatable bonds is 5. The van der Waals surface area contributed by atoms with Crippen LogP contribution < -0.4 is 10.0 Å². The second kappa shape index (κ2) is 6.39. The van der Waals surface area contributed by atoms with E-state index in [1.54, 1.807) is 25.2 Å². The van der Waals surface area contributed by atoms with E-state index in [0.717, 1.165) is 5.56 Å². The van der Waals surface area contributed by atoms with Crippen molar-refractivity contribution in [1.82, 2.24) is 5.32 Å². The maximum Gasteiger partial charge on any atom is 0.266 e. The molecular weight excluding hydrogens is 380 g/mol. The molecule has 8 heteroatoms. The van der Waals surface area contributed by atoms with Crippen LogP contribution in [0.3, 0.4) is 0 Å². The zero-order valence-corrected chi connectivity index (χ0v) is 14.6. The molecule has 2 N–H and O–H groups in total. The van der Waals surface area contributed by atoms with E-state index in [1.807, 2.05) is 6.92 Å². The van der Waals surface area contributed by atoms with Gasteiger partial charge >= 0.3 is 0 Å². The molecule has 2 aromatic rings. The van der Waals surface area contributed by atoms with Crippen LogP contribution in [0.4, 0.5) is 5.69 Å². The molecule has 0 saturated carbocycles. The van der Waals surface area contributed by atoms with Gasteiger partial charge in [-0.05, 0) is 47.6 Å². The maximum absolute atomic E-state index is 12.4. The highest BCUT2D eigenvalue weighted by molar-refractivity contribution is 9.10. The van der Waals surface area contributed by atoms with E-state index in [1.165, 1.54) is 6.07 Å². The third-order valence-corrected chi connectivity index (χ3v) is 5.27. The lowest BCUT2D eigenvalue weighted by Crippen LogP contribution is -2.13. The number of hydrogen-bond acceptors (Lipinski definition) is 4. The Morgan fingerprint density at radius 1 is 1.33 bits per heavy atom. The Morgan fingerprint density at radius 2 is 2.05 bits per heavy atom. The lowest BCUT2D eigenvalue weighted by molar-refractivity contribution is 0.470. The summed E-state index contributed by atoms with van der Waals surface area (Å²) in [4.78, 5) is 0.0327. The van der Waals surface area contributed by atoms with Crippen LogP contribution in [-0.2, 0) is 16.6 Å². The highest BCUT2D eigenvalue weighted by atomic mass is 79.9. The van der Waals surface area contributed by atoms with Crippen molar-refractivity contribution in [3.05, 3.63) is 45.3 Å². The fourth-order valence-electron chi connectivity index (χ4n) is 1.76. The second-order valence-electron chi connectivity index (χ2n) is 4.47. The van der Waals surface area contributed by atoms with E-state index >= 15 is 0 Å². The molecule has 0 fully saturated rings. The van der Waals surface area contributed by atoms with E-state index < -0.39 is 10.0 Å². The van der Waals surface area contributed by atoms with Gasteiger partial charge in [-0.2, -0.15) is 0 Å². The van der Waals surface area contributed by atoms with Crippen LogP contribution in [0, 0.1) is 6.92 Å². The van der Waals surface area contributed by atoms with Crippen LogP contribution in [-0.4, -0.2) is 15.5 Å². The fraction of sp³-hybridized carbons (Fsp3) is 0.231. The maximum atomic E-state index is 12.4. The average molecular weight is 394 g/mol. The number of nitrogens with one attached hydrogen (secondary N) is 2. The molecule has 0 amide bonds. The van der Waals surface area contributed by atoms with Crippen molar-refractivity contribution in [3.63, 3.8) is 0 Å². The summed E-state index contributed by atoms with van der Waals surface area (Å²) in [6.07, 6.45) is 0. The van der Waals surface area contributed by atoms with Crippen molar-refractivity contribution in [2.24, 2.45) is 0 Å². The summed E-state index contributed by atoms with van der Waals surface area (Å²) in [5, 5.41) is 3.22. The Kier molecular flexibility index (Phi) is 4.98. The molecule has 0 unspecified atom stereocenters. The van der Waals surface area contributed by atoms with Gasteiger partial charge in [0.25, 0.3) is 10.0 Å². The van der Waals surface area contributed by atoms with Crippen LogP contribution in [0.1, 0.15) is 11.3 Å². The summed E-state index contributed by atoms with van der Waals surface area (Å²) in [6.45, 7) is 2.28. The molecule has 0 aliphatic carbocycles. The smallest absolute Gasteiger partial charge is 0.266 e. The molecule has 2 rings (SSSR count). The van der Waals surface area contributed by atoms with Crippen molar-refractivity contribution in [2.75, 3.05) is 11.8 Å². The molecule has 21 heavy (non-hydrogen) atoms. The minimum atomic E-state index is -3.78. The van der Waals surface area contributed by atoms with Crippen LogP contribution in [0.2, 0.25) is 5.02 Å². The first-order valence-corrected chi connectivity index (χ1v) is 8.70. The van der Waals surface area contributed by atoms with E-state index in [0.29, 0.717) is 23.0 Å². The van der Waals surface area contributed by atoms with Crippen molar-refractivity contribution >= 4 is 43.2 Å². The quantitative estimate of drug-likeness (QED) is 0.815. The summed E-state index contributed by atoms with van der Waals surface area (Å²) in [5.41, 5.74) is 1.24. The third kappa shape index (κ3) is 3.79. The van der Waals surface area contributed by atoms with Crippen LogP contribution >= 0.6 is 27.5 Å². The molecule has 1 aromatic carbocycles. The Labute approximate surface area is 136 Å². The Hall–Kier alpha value is -1.02. The number of anilines is 1. The lowest BCUT2D eigenvalue weighted by Gasteiger charge is -2.09. The molecular formula is C13H14BrClN2O3S. The Bertz CT molecular complexity index is 759. The molecule has 0 radical (unpaired) electrons. The number of benzene rings is 1. The van der Waals surface area contributed by atoms with Crippen molar-refractivity contribution < 1.29 is 12.8 Å². The molecule has 0 atom stereocenters. The molecule has 0 bridgehead atoms. The van der Waals surface area contributed by atoms with Gasteiger partial charge in [0.05, 0.1) is 17.3 Å². The lowest BCUT2D eigenvalue weighted by atomic mass is 10.2. The summed E-state index contributed by atoms with van der Waals surface area (Å²) >= 11 is 9.14. The first kappa shape index (κ1) is 16.4. The number of halogens is 2. The van der Waals surface area contributed by atoms with E-state index in [2.05, 4.69) is 26.0 Å². The summed E-state index contributed by atoms with van der Waals surface area (Å²) in [5.74, 6) is 0.514. The van der Waals surface area contributed by atoms with Gasteiger partial charge in [0, 0.05) is 6.07 Å². The summed E-state index contributed by atoms with van der Waals surface area (Å²) < 4.78 is 32.8. The van der Waals surface area contributed by atoms with Crippen LogP contribution in [0.25, 0.3) is 0 Å². The first-order chi connectivity index (χ1) is 9.83. The van der Waals surface area contributed by atoms with Gasteiger partial charge in [-0.15, -0.1) is 0 Å². The SMILES string of the molecule is CNCc1cc(S(=O)(=O)Nc2cc(C)ccc2Cl)c(Br)o1. The number of hydrogen-bond donors (Lipinski definition) is 2. The Balaban J connectivity index is 2.36. The predicted octanol–water partition coefficient (Wildman–Crippen LogP) is 3.52. The molecule has 0 spiro atoms. The number of sulfonamides is 1. The molecule has 0 aliphatic rings. The van der Waals surface area contributed by atoms with Gasteiger partial charge in [0.15, 0.2) is 4.67 Å². The largest absolute Gasteiger partial charge is 0.451 e. The first-order valence-electron chi connectivity index (χ1n) is 6.05. The van der Waals surface area contributed by atoms with Crippen molar-refractivity contribution in [2.45, 2.75) is 18.4 Å². The standard InChI is InChI=1S/C13H14BrClN2O3S/c1-8-3-4-10(15)11(5-8)17-21(18,19)12-6-9(7-16-2)20-13(12)14/h3-6,16-17H,7H2,1-2H3. The van der Waals surface area contributed by atoms with Gasteiger partial charge in [-0.1, -0.05) is 17.7 Å². The second-order valence-corrected chi connectivity index (χ2v) is 7.25. The molecule has 1 heterocycles. The van der Waals surface area contributed by atoms with Gasteiger partial charge in [-0.25, -0.2) is 8.42 Å². The van der Waals surface area contributed by atoms with Gasteiger partial charge in [0.2, 0.25) is 0 Å². The number of furan rings is 1. The topological polar surface area (TPSA) is 71.3 Å². The summed E-state index contributed by atoms with van der Waals surface area (Å²) in [6, 6.07) is 6.58. The van der Waals surface area contributed by atoms with E-state index in [9.17, 15) is 8.42 Å². The molecule has 0 saturated heterocycles. The predicted molar refractivity (Wildman–Crippen MR) is 86.2 cm³/mol. The third-order valence-electron chi connectivity index (χ3n) is 2.71. The van der Waals surface area contributed by atoms with Crippen molar-refractivity contribution in [1.29, 1.82) is 0 Å². The average Bonchev–Trinajstić information content (AvgIpc) is 2.76. The minimum Gasteiger partial charge on any atom is -0.451 e.